The fourth-order valence-electron chi connectivity index (χ4n) is 4.57. The van der Waals surface area contributed by atoms with Crippen LogP contribution in [0.25, 0.3) is 0 Å². The lowest BCUT2D eigenvalue weighted by molar-refractivity contribution is -0.125. The lowest BCUT2D eigenvalue weighted by Gasteiger charge is -2.36. The van der Waals surface area contributed by atoms with Gasteiger partial charge in [0.15, 0.2) is 0 Å². The first-order chi connectivity index (χ1) is 14.5. The molecular weight excluding hydrogens is 376 g/mol. The summed E-state index contributed by atoms with van der Waals surface area (Å²) < 4.78 is 5.56. The van der Waals surface area contributed by atoms with Crippen molar-refractivity contribution in [2.75, 3.05) is 30.0 Å². The lowest BCUT2D eigenvalue weighted by Crippen LogP contribution is -2.45. The van der Waals surface area contributed by atoms with E-state index < -0.39 is 5.41 Å². The van der Waals surface area contributed by atoms with Gasteiger partial charge in [-0.25, -0.2) is 0 Å². The molecule has 0 aliphatic carbocycles. The molecule has 1 saturated heterocycles. The minimum Gasteiger partial charge on any atom is -0.381 e. The summed E-state index contributed by atoms with van der Waals surface area (Å²) in [5.74, 6) is 0.0666. The van der Waals surface area contributed by atoms with E-state index in [1.165, 1.54) is 0 Å². The molecule has 1 fully saturated rings. The average Bonchev–Trinajstić information content (AvgIpc) is 2.79. The molecule has 2 heterocycles. The maximum Gasteiger partial charge on any atom is 0.235 e. The standard InChI is InChI=1S/C25H30N2O3/c1-18(2)23(28)27-14-6-7-19-10-11-21(17-22(19)27)26-24(29)25(12-15-30-16-13-25)20-8-4-3-5-9-20/h3-5,8-11,17-18H,6-7,12-16H2,1-2H3,(H,26,29). The average molecular weight is 407 g/mol. The van der Waals surface area contributed by atoms with Crippen molar-refractivity contribution in [3.05, 3.63) is 59.7 Å². The second kappa shape index (κ2) is 8.60. The smallest absolute Gasteiger partial charge is 0.235 e. The summed E-state index contributed by atoms with van der Waals surface area (Å²) in [5.41, 5.74) is 3.27. The van der Waals surface area contributed by atoms with Crippen molar-refractivity contribution in [2.24, 2.45) is 5.92 Å². The summed E-state index contributed by atoms with van der Waals surface area (Å²) >= 11 is 0. The van der Waals surface area contributed by atoms with Gasteiger partial charge in [-0.2, -0.15) is 0 Å². The molecule has 0 radical (unpaired) electrons. The first-order valence-corrected chi connectivity index (χ1v) is 10.9. The Morgan fingerprint density at radius 1 is 1.07 bits per heavy atom. The van der Waals surface area contributed by atoms with Crippen LogP contribution >= 0.6 is 0 Å². The van der Waals surface area contributed by atoms with E-state index >= 15 is 0 Å². The highest BCUT2D eigenvalue weighted by molar-refractivity contribution is 6.01. The Kier molecular flexibility index (Phi) is 5.91. The predicted octanol–water partition coefficient (Wildman–Crippen LogP) is 4.31. The molecule has 158 valence electrons. The number of anilines is 2. The Labute approximate surface area is 178 Å². The van der Waals surface area contributed by atoms with Crippen molar-refractivity contribution >= 4 is 23.2 Å². The number of nitrogens with zero attached hydrogens (tertiary/aromatic N) is 1. The van der Waals surface area contributed by atoms with Crippen molar-refractivity contribution < 1.29 is 14.3 Å². The summed E-state index contributed by atoms with van der Waals surface area (Å²) in [6.07, 6.45) is 3.24. The van der Waals surface area contributed by atoms with Gasteiger partial charge < -0.3 is 15.0 Å². The highest BCUT2D eigenvalue weighted by Crippen LogP contribution is 2.37. The van der Waals surface area contributed by atoms with Gasteiger partial charge in [-0.05, 0) is 48.9 Å². The number of hydrogen-bond acceptors (Lipinski definition) is 3. The molecule has 0 unspecified atom stereocenters. The molecule has 5 heteroatoms. The number of carbonyl (C=O) groups excluding carboxylic acids is 2. The molecule has 4 rings (SSSR count). The molecule has 2 aromatic carbocycles. The molecule has 30 heavy (non-hydrogen) atoms. The third kappa shape index (κ3) is 3.86. The van der Waals surface area contributed by atoms with Crippen molar-refractivity contribution in [1.82, 2.24) is 0 Å². The Morgan fingerprint density at radius 3 is 2.50 bits per heavy atom. The molecule has 2 aliphatic heterocycles. The normalized spacial score (nSPS) is 18.0. The third-order valence-corrected chi connectivity index (χ3v) is 6.33. The van der Waals surface area contributed by atoms with Crippen LogP contribution in [-0.2, 0) is 26.2 Å². The number of nitrogens with one attached hydrogen (secondary N) is 1. The zero-order valence-electron chi connectivity index (χ0n) is 17.8. The molecule has 0 aromatic heterocycles. The van der Waals surface area contributed by atoms with Gasteiger partial charge in [0, 0.05) is 37.1 Å². The molecule has 5 nitrogen and oxygen atoms in total. The van der Waals surface area contributed by atoms with Crippen molar-refractivity contribution in [1.29, 1.82) is 0 Å². The number of aryl methyl sites for hydroxylation is 1. The summed E-state index contributed by atoms with van der Waals surface area (Å²) in [4.78, 5) is 28.1. The van der Waals surface area contributed by atoms with E-state index in [-0.39, 0.29) is 17.7 Å². The van der Waals surface area contributed by atoms with Crippen LogP contribution in [0.1, 0.15) is 44.2 Å². The molecule has 2 aromatic rings. The van der Waals surface area contributed by atoms with Crippen LogP contribution in [0, 0.1) is 5.92 Å². The van der Waals surface area contributed by atoms with Crippen molar-refractivity contribution in [2.45, 2.75) is 44.9 Å². The van der Waals surface area contributed by atoms with Crippen molar-refractivity contribution in [3.8, 4) is 0 Å². The zero-order chi connectivity index (χ0) is 21.1. The first-order valence-electron chi connectivity index (χ1n) is 10.9. The van der Waals surface area contributed by atoms with E-state index in [2.05, 4.69) is 5.32 Å². The van der Waals surface area contributed by atoms with Gasteiger partial charge in [0.05, 0.1) is 5.41 Å². The van der Waals surface area contributed by atoms with E-state index in [0.717, 1.165) is 41.9 Å². The van der Waals surface area contributed by atoms with Gasteiger partial charge in [-0.1, -0.05) is 50.2 Å². The second-order valence-corrected chi connectivity index (χ2v) is 8.61. The number of rotatable bonds is 4. The largest absolute Gasteiger partial charge is 0.381 e. The number of carbonyl (C=O) groups is 2. The molecule has 2 aliphatic rings. The van der Waals surface area contributed by atoms with Crippen LogP contribution in [0.4, 0.5) is 11.4 Å². The van der Waals surface area contributed by atoms with E-state index in [1.54, 1.807) is 0 Å². The van der Waals surface area contributed by atoms with Crippen LogP contribution in [-0.4, -0.2) is 31.6 Å². The fourth-order valence-corrected chi connectivity index (χ4v) is 4.57. The molecule has 0 bridgehead atoms. The summed E-state index contributed by atoms with van der Waals surface area (Å²) in [6.45, 7) is 5.73. The Hall–Kier alpha value is -2.66. The zero-order valence-corrected chi connectivity index (χ0v) is 17.8. The van der Waals surface area contributed by atoms with E-state index in [1.807, 2.05) is 67.3 Å². The molecule has 2 amide bonds. The van der Waals surface area contributed by atoms with E-state index in [4.69, 9.17) is 4.74 Å². The van der Waals surface area contributed by atoms with Crippen molar-refractivity contribution in [3.63, 3.8) is 0 Å². The summed E-state index contributed by atoms with van der Waals surface area (Å²) in [5, 5.41) is 3.16. The molecular formula is C25H30N2O3. The Bertz CT molecular complexity index is 917. The number of ether oxygens (including phenoxy) is 1. The van der Waals surface area contributed by atoms with E-state index in [9.17, 15) is 9.59 Å². The molecule has 0 atom stereocenters. The minimum atomic E-state index is -0.594. The van der Waals surface area contributed by atoms with Crippen LogP contribution in [0.2, 0.25) is 0 Å². The maximum absolute atomic E-state index is 13.5. The lowest BCUT2D eigenvalue weighted by atomic mass is 9.73. The summed E-state index contributed by atoms with van der Waals surface area (Å²) in [7, 11) is 0. The number of amides is 2. The molecule has 0 saturated carbocycles. The third-order valence-electron chi connectivity index (χ3n) is 6.33. The van der Waals surface area contributed by atoms with Crippen LogP contribution < -0.4 is 10.2 Å². The highest BCUT2D eigenvalue weighted by atomic mass is 16.5. The monoisotopic (exact) mass is 406 g/mol. The Balaban J connectivity index is 1.63. The van der Waals surface area contributed by atoms with Gasteiger partial charge >= 0.3 is 0 Å². The summed E-state index contributed by atoms with van der Waals surface area (Å²) in [6, 6.07) is 16.0. The second-order valence-electron chi connectivity index (χ2n) is 8.61. The van der Waals surface area contributed by atoms with Gasteiger partial charge in [0.2, 0.25) is 11.8 Å². The SMILES string of the molecule is CC(C)C(=O)N1CCCc2ccc(NC(=O)C3(c4ccccc4)CCOCC3)cc21. The number of fused-ring (bicyclic) bond motifs is 1. The fraction of sp³-hybridized carbons (Fsp3) is 0.440. The quantitative estimate of drug-likeness (QED) is 0.823. The molecule has 0 spiro atoms. The van der Waals surface area contributed by atoms with Gasteiger partial charge in [0.25, 0.3) is 0 Å². The highest BCUT2D eigenvalue weighted by Gasteiger charge is 2.41. The molecule has 1 N–H and O–H groups in total. The number of hydrogen-bond donors (Lipinski definition) is 1. The van der Waals surface area contributed by atoms with Gasteiger partial charge in [-0.3, -0.25) is 9.59 Å². The van der Waals surface area contributed by atoms with Crippen LogP contribution in [0.15, 0.2) is 48.5 Å². The Morgan fingerprint density at radius 2 is 1.80 bits per heavy atom. The first kappa shape index (κ1) is 20.6. The predicted molar refractivity (Wildman–Crippen MR) is 119 cm³/mol. The van der Waals surface area contributed by atoms with Crippen LogP contribution in [0.3, 0.4) is 0 Å². The minimum absolute atomic E-state index is 0.00510. The maximum atomic E-state index is 13.5. The van der Waals surface area contributed by atoms with E-state index in [0.29, 0.717) is 26.1 Å². The van der Waals surface area contributed by atoms with Gasteiger partial charge in [-0.15, -0.1) is 0 Å². The van der Waals surface area contributed by atoms with Gasteiger partial charge in [0.1, 0.15) is 0 Å². The van der Waals surface area contributed by atoms with Crippen LogP contribution in [0.5, 0.6) is 0 Å². The topological polar surface area (TPSA) is 58.6 Å². The number of benzene rings is 2.